The summed E-state index contributed by atoms with van der Waals surface area (Å²) < 4.78 is 0. The summed E-state index contributed by atoms with van der Waals surface area (Å²) in [6.45, 7) is 11.2. The number of aliphatic hydroxyl groups is 1. The second-order valence-corrected chi connectivity index (χ2v) is 5.40. The third-order valence-corrected chi connectivity index (χ3v) is 2.83. The van der Waals surface area contributed by atoms with E-state index in [0.717, 1.165) is 12.8 Å². The van der Waals surface area contributed by atoms with E-state index in [2.05, 4.69) is 27.7 Å². The van der Waals surface area contributed by atoms with Crippen molar-refractivity contribution in [2.45, 2.75) is 64.6 Å². The molecule has 0 aromatic rings. The average Bonchev–Trinajstić information content (AvgIpc) is 1.94. The summed E-state index contributed by atoms with van der Waals surface area (Å²) in [7, 11) is 0. The first kappa shape index (κ1) is 12.0. The van der Waals surface area contributed by atoms with Crippen molar-refractivity contribution in [2.75, 3.05) is 6.61 Å². The van der Waals surface area contributed by atoms with Gasteiger partial charge in [0.25, 0.3) is 0 Å². The van der Waals surface area contributed by atoms with E-state index >= 15 is 0 Å². The second kappa shape index (κ2) is 3.80. The number of nitrogens with zero attached hydrogens (tertiary/aromatic N) is 1. The van der Waals surface area contributed by atoms with Crippen LogP contribution in [0.25, 0.3) is 0 Å². The molecule has 0 bridgehead atoms. The molecule has 0 aromatic heterocycles. The molecular weight excluding hydrogens is 178 g/mol. The Morgan fingerprint density at radius 2 is 1.64 bits per heavy atom. The van der Waals surface area contributed by atoms with E-state index in [0.29, 0.717) is 6.61 Å². The van der Waals surface area contributed by atoms with Gasteiger partial charge in [0, 0.05) is 11.1 Å². The van der Waals surface area contributed by atoms with Gasteiger partial charge in [-0.25, -0.2) is 0 Å². The first-order valence-corrected chi connectivity index (χ1v) is 5.41. The molecule has 0 aromatic carbocycles. The predicted octanol–water partition coefficient (Wildman–Crippen LogP) is 1.95. The van der Waals surface area contributed by atoms with Gasteiger partial charge in [-0.15, -0.1) is 0 Å². The Balaban J connectivity index is 2.85. The van der Waals surface area contributed by atoms with Gasteiger partial charge in [0.2, 0.25) is 0 Å². The zero-order chi connectivity index (χ0) is 11.0. The molecule has 3 heteroatoms. The molecule has 84 valence electrons. The molecule has 0 aliphatic carbocycles. The van der Waals surface area contributed by atoms with Crippen LogP contribution in [0.3, 0.4) is 0 Å². The second-order valence-electron chi connectivity index (χ2n) is 5.40. The van der Waals surface area contributed by atoms with E-state index in [9.17, 15) is 5.11 Å². The zero-order valence-corrected chi connectivity index (χ0v) is 10.0. The smallest absolute Gasteiger partial charge is 0.0657 e. The van der Waals surface area contributed by atoms with Crippen LogP contribution >= 0.6 is 0 Å². The highest BCUT2D eigenvalue weighted by Gasteiger charge is 2.45. The van der Waals surface area contributed by atoms with Crippen LogP contribution in [-0.2, 0) is 4.84 Å². The van der Waals surface area contributed by atoms with Crippen molar-refractivity contribution in [1.82, 2.24) is 5.06 Å². The number of hydrogen-bond donors (Lipinski definition) is 1. The van der Waals surface area contributed by atoms with Gasteiger partial charge in [0.1, 0.15) is 0 Å². The fraction of sp³-hybridized carbons (Fsp3) is 1.00. The lowest BCUT2D eigenvalue weighted by atomic mass is 9.80. The van der Waals surface area contributed by atoms with Crippen molar-refractivity contribution >= 4 is 0 Å². The molecule has 0 radical (unpaired) electrons. The molecule has 1 aliphatic heterocycles. The highest BCUT2D eigenvalue weighted by molar-refractivity contribution is 4.96. The molecule has 3 nitrogen and oxygen atoms in total. The van der Waals surface area contributed by atoms with Crippen LogP contribution in [0.15, 0.2) is 0 Å². The molecule has 0 saturated carbocycles. The maximum atomic E-state index is 9.78. The van der Waals surface area contributed by atoms with Gasteiger partial charge in [0.15, 0.2) is 0 Å². The monoisotopic (exact) mass is 201 g/mol. The Labute approximate surface area is 87.0 Å². The molecule has 0 atom stereocenters. The van der Waals surface area contributed by atoms with Gasteiger partial charge in [0.05, 0.1) is 12.7 Å². The van der Waals surface area contributed by atoms with E-state index < -0.39 is 0 Å². The van der Waals surface area contributed by atoms with E-state index in [1.807, 2.05) is 12.0 Å². The van der Waals surface area contributed by atoms with Gasteiger partial charge in [-0.1, -0.05) is 0 Å². The minimum Gasteiger partial charge on any atom is -0.393 e. The Morgan fingerprint density at radius 3 is 2.00 bits per heavy atom. The van der Waals surface area contributed by atoms with Crippen LogP contribution in [-0.4, -0.2) is 34.0 Å². The van der Waals surface area contributed by atoms with Crippen LogP contribution in [0.1, 0.15) is 47.5 Å². The number of rotatable bonds is 2. The summed E-state index contributed by atoms with van der Waals surface area (Å²) >= 11 is 0. The first-order chi connectivity index (χ1) is 6.29. The average molecular weight is 201 g/mol. The van der Waals surface area contributed by atoms with E-state index in [1.54, 1.807) is 0 Å². The fourth-order valence-corrected chi connectivity index (χ4v) is 2.69. The van der Waals surface area contributed by atoms with Gasteiger partial charge in [-0.2, -0.15) is 5.06 Å². The molecule has 1 heterocycles. The van der Waals surface area contributed by atoms with Crippen molar-refractivity contribution in [3.05, 3.63) is 0 Å². The van der Waals surface area contributed by atoms with Gasteiger partial charge < -0.3 is 5.11 Å². The summed E-state index contributed by atoms with van der Waals surface area (Å²) in [5.41, 5.74) is -0.172. The van der Waals surface area contributed by atoms with Crippen LogP contribution < -0.4 is 0 Å². The summed E-state index contributed by atoms with van der Waals surface area (Å²) in [6, 6.07) is 0. The third-order valence-electron chi connectivity index (χ3n) is 2.83. The normalized spacial score (nSPS) is 27.9. The van der Waals surface area contributed by atoms with Crippen molar-refractivity contribution in [1.29, 1.82) is 0 Å². The predicted molar refractivity (Wildman–Crippen MR) is 56.9 cm³/mol. The molecule has 14 heavy (non-hydrogen) atoms. The van der Waals surface area contributed by atoms with E-state index in [1.165, 1.54) is 0 Å². The summed E-state index contributed by atoms with van der Waals surface area (Å²) in [4.78, 5) is 5.68. The van der Waals surface area contributed by atoms with Crippen molar-refractivity contribution in [3.63, 3.8) is 0 Å². The topological polar surface area (TPSA) is 32.7 Å². The SMILES string of the molecule is CCON1C(C)(C)CC(O)CC1(C)C. The third kappa shape index (κ3) is 2.27. The molecule has 0 spiro atoms. The van der Waals surface area contributed by atoms with Crippen LogP contribution in [0.5, 0.6) is 0 Å². The van der Waals surface area contributed by atoms with Crippen LogP contribution in [0.4, 0.5) is 0 Å². The van der Waals surface area contributed by atoms with Crippen molar-refractivity contribution in [3.8, 4) is 0 Å². The van der Waals surface area contributed by atoms with Crippen LogP contribution in [0, 0.1) is 0 Å². The van der Waals surface area contributed by atoms with Gasteiger partial charge in [-0.05, 0) is 47.5 Å². The molecule has 0 unspecified atom stereocenters. The Hall–Kier alpha value is -0.120. The largest absolute Gasteiger partial charge is 0.393 e. The maximum absolute atomic E-state index is 9.78. The molecule has 1 N–H and O–H groups in total. The minimum absolute atomic E-state index is 0.0861. The molecule has 1 rings (SSSR count). The maximum Gasteiger partial charge on any atom is 0.0657 e. The van der Waals surface area contributed by atoms with E-state index in [-0.39, 0.29) is 17.2 Å². The number of aliphatic hydroxyl groups excluding tert-OH is 1. The standard InChI is InChI=1S/C11H23NO2/c1-6-14-12-10(2,3)7-9(13)8-11(12,4)5/h9,13H,6-8H2,1-5H3. The lowest BCUT2D eigenvalue weighted by Gasteiger charge is -2.52. The lowest BCUT2D eigenvalue weighted by molar-refractivity contribution is -0.289. The van der Waals surface area contributed by atoms with Gasteiger partial charge >= 0.3 is 0 Å². The number of piperidine rings is 1. The number of hydrogen-bond acceptors (Lipinski definition) is 3. The summed E-state index contributed by atoms with van der Waals surface area (Å²) in [5.74, 6) is 0. The highest BCUT2D eigenvalue weighted by atomic mass is 16.7. The Kier molecular flexibility index (Phi) is 3.24. The molecule has 1 saturated heterocycles. The Morgan fingerprint density at radius 1 is 1.21 bits per heavy atom. The van der Waals surface area contributed by atoms with Crippen LogP contribution in [0.2, 0.25) is 0 Å². The fourth-order valence-electron chi connectivity index (χ4n) is 2.69. The van der Waals surface area contributed by atoms with Gasteiger partial charge in [-0.3, -0.25) is 4.84 Å². The number of hydroxylamine groups is 2. The Bertz CT molecular complexity index is 183. The lowest BCUT2D eigenvalue weighted by Crippen LogP contribution is -2.61. The first-order valence-electron chi connectivity index (χ1n) is 5.41. The highest BCUT2D eigenvalue weighted by Crippen LogP contribution is 2.38. The zero-order valence-electron chi connectivity index (χ0n) is 10.0. The minimum atomic E-state index is -0.211. The molecule has 0 amide bonds. The van der Waals surface area contributed by atoms with E-state index in [4.69, 9.17) is 4.84 Å². The summed E-state index contributed by atoms with van der Waals surface area (Å²) in [6.07, 6.45) is 1.34. The molecule has 1 fully saturated rings. The quantitative estimate of drug-likeness (QED) is 0.741. The summed E-state index contributed by atoms with van der Waals surface area (Å²) in [5, 5.41) is 11.8. The molecular formula is C11H23NO2. The van der Waals surface area contributed by atoms with Crippen molar-refractivity contribution < 1.29 is 9.94 Å². The molecule has 1 aliphatic rings. The van der Waals surface area contributed by atoms with Crippen molar-refractivity contribution in [2.24, 2.45) is 0 Å².